The first-order chi connectivity index (χ1) is 8.60. The molecule has 0 radical (unpaired) electrons. The second kappa shape index (κ2) is 5.49. The molecule has 1 aromatic heterocycles. The molecular formula is C12H12BrN3OS. The second-order valence-electron chi connectivity index (χ2n) is 3.64. The molecule has 0 aliphatic carbocycles. The molecule has 0 fully saturated rings. The van der Waals surface area contributed by atoms with E-state index in [4.69, 9.17) is 22.7 Å². The first-order valence-corrected chi connectivity index (χ1v) is 6.60. The number of hydrogen-bond donors (Lipinski definition) is 1. The van der Waals surface area contributed by atoms with Crippen molar-refractivity contribution in [3.8, 4) is 11.5 Å². The quantitative estimate of drug-likeness (QED) is 0.877. The fraction of sp³-hybridized carbons (Fsp3) is 0.167. The van der Waals surface area contributed by atoms with E-state index in [0.717, 1.165) is 11.0 Å². The van der Waals surface area contributed by atoms with Crippen LogP contribution in [0.25, 0.3) is 0 Å². The lowest BCUT2D eigenvalue weighted by atomic mass is 10.2. The largest absolute Gasteiger partial charge is 0.453 e. The van der Waals surface area contributed by atoms with Gasteiger partial charge in [-0.2, -0.15) is 5.10 Å². The summed E-state index contributed by atoms with van der Waals surface area (Å²) in [6, 6.07) is 5.53. The van der Waals surface area contributed by atoms with Gasteiger partial charge in [0.2, 0.25) is 0 Å². The van der Waals surface area contributed by atoms with Crippen molar-refractivity contribution in [2.75, 3.05) is 0 Å². The van der Waals surface area contributed by atoms with Crippen LogP contribution in [-0.2, 0) is 6.54 Å². The maximum absolute atomic E-state index is 5.75. The first kappa shape index (κ1) is 13.0. The average molecular weight is 326 g/mol. The molecule has 0 unspecified atom stereocenters. The Labute approximate surface area is 119 Å². The summed E-state index contributed by atoms with van der Waals surface area (Å²) in [7, 11) is 0. The lowest BCUT2D eigenvalue weighted by molar-refractivity contribution is 0.480. The zero-order valence-corrected chi connectivity index (χ0v) is 12.2. The van der Waals surface area contributed by atoms with E-state index in [1.165, 1.54) is 0 Å². The van der Waals surface area contributed by atoms with Crippen molar-refractivity contribution in [1.29, 1.82) is 0 Å². The topological polar surface area (TPSA) is 53.1 Å². The van der Waals surface area contributed by atoms with E-state index in [1.807, 2.05) is 31.3 Å². The van der Waals surface area contributed by atoms with Crippen LogP contribution in [0.2, 0.25) is 0 Å². The van der Waals surface area contributed by atoms with E-state index in [-0.39, 0.29) is 0 Å². The second-order valence-corrected chi connectivity index (χ2v) is 4.99. The van der Waals surface area contributed by atoms with E-state index in [1.54, 1.807) is 10.9 Å². The van der Waals surface area contributed by atoms with Crippen LogP contribution < -0.4 is 10.5 Å². The summed E-state index contributed by atoms with van der Waals surface area (Å²) in [5, 5.41) is 4.14. The molecule has 0 spiro atoms. The monoisotopic (exact) mass is 325 g/mol. The van der Waals surface area contributed by atoms with Crippen molar-refractivity contribution in [1.82, 2.24) is 9.78 Å². The molecule has 2 aromatic rings. The highest BCUT2D eigenvalue weighted by Crippen LogP contribution is 2.28. The van der Waals surface area contributed by atoms with E-state index < -0.39 is 0 Å². The third kappa shape index (κ3) is 2.88. The minimum absolute atomic E-state index is 0.306. The highest BCUT2D eigenvalue weighted by Gasteiger charge is 2.09. The van der Waals surface area contributed by atoms with E-state index >= 15 is 0 Å². The predicted octanol–water partition coefficient (Wildman–Crippen LogP) is 3.09. The number of hydrogen-bond acceptors (Lipinski definition) is 3. The molecule has 0 saturated heterocycles. The fourth-order valence-corrected chi connectivity index (χ4v) is 1.99. The number of aromatic nitrogens is 2. The van der Waals surface area contributed by atoms with Crippen molar-refractivity contribution in [3.63, 3.8) is 0 Å². The Balaban J connectivity index is 2.32. The van der Waals surface area contributed by atoms with E-state index in [9.17, 15) is 0 Å². The number of halogens is 1. The molecular weight excluding hydrogens is 314 g/mol. The summed E-state index contributed by atoms with van der Waals surface area (Å²) in [5.74, 6) is 1.28. The highest BCUT2D eigenvalue weighted by molar-refractivity contribution is 9.10. The number of aryl methyl sites for hydroxylation is 1. The van der Waals surface area contributed by atoms with Crippen molar-refractivity contribution < 1.29 is 4.74 Å². The van der Waals surface area contributed by atoms with Crippen LogP contribution in [0.4, 0.5) is 0 Å². The maximum atomic E-state index is 5.75. The Hall–Kier alpha value is -1.40. The maximum Gasteiger partial charge on any atom is 0.165 e. The molecule has 1 heterocycles. The normalized spacial score (nSPS) is 10.3. The minimum atomic E-state index is 0.306. The molecule has 94 valence electrons. The van der Waals surface area contributed by atoms with Crippen LogP contribution in [0.1, 0.15) is 12.5 Å². The fourth-order valence-electron chi connectivity index (χ4n) is 1.48. The van der Waals surface area contributed by atoms with Gasteiger partial charge in [0.25, 0.3) is 0 Å². The van der Waals surface area contributed by atoms with Crippen LogP contribution in [0.5, 0.6) is 11.5 Å². The summed E-state index contributed by atoms with van der Waals surface area (Å²) in [4.78, 5) is 0.306. The Bertz CT molecular complexity index is 582. The molecule has 2 N–H and O–H groups in total. The zero-order valence-electron chi connectivity index (χ0n) is 9.76. The molecule has 0 aliphatic rings. The SMILES string of the molecule is CCn1cc(Oc2cc(Br)ccc2C(N)=S)cn1. The molecule has 4 nitrogen and oxygen atoms in total. The molecule has 18 heavy (non-hydrogen) atoms. The molecule has 0 saturated carbocycles. The third-order valence-corrected chi connectivity index (χ3v) is 3.08. The Kier molecular flexibility index (Phi) is 3.98. The number of thiocarbonyl (C=S) groups is 1. The van der Waals surface area contributed by atoms with Crippen molar-refractivity contribution in [3.05, 3.63) is 40.6 Å². The molecule has 2 rings (SSSR count). The first-order valence-electron chi connectivity index (χ1n) is 5.40. The van der Waals surface area contributed by atoms with Gasteiger partial charge in [-0.05, 0) is 25.1 Å². The summed E-state index contributed by atoms with van der Waals surface area (Å²) in [6.45, 7) is 2.81. The van der Waals surface area contributed by atoms with Gasteiger partial charge < -0.3 is 10.5 Å². The number of nitrogens with zero attached hydrogens (tertiary/aromatic N) is 2. The van der Waals surface area contributed by atoms with Gasteiger partial charge in [-0.15, -0.1) is 0 Å². The summed E-state index contributed by atoms with van der Waals surface area (Å²) in [6.07, 6.45) is 3.48. The lowest BCUT2D eigenvalue weighted by Crippen LogP contribution is -2.10. The molecule has 1 aromatic carbocycles. The number of benzene rings is 1. The smallest absolute Gasteiger partial charge is 0.165 e. The number of nitrogens with two attached hydrogens (primary N) is 1. The van der Waals surface area contributed by atoms with Gasteiger partial charge in [-0.1, -0.05) is 28.1 Å². The zero-order chi connectivity index (χ0) is 13.1. The summed E-state index contributed by atoms with van der Waals surface area (Å²) in [5.41, 5.74) is 6.37. The molecule has 0 atom stereocenters. The van der Waals surface area contributed by atoms with Crippen LogP contribution in [-0.4, -0.2) is 14.8 Å². The van der Waals surface area contributed by atoms with Crippen LogP contribution in [0, 0.1) is 0 Å². The predicted molar refractivity (Wildman–Crippen MR) is 78.0 cm³/mol. The van der Waals surface area contributed by atoms with Gasteiger partial charge in [0.15, 0.2) is 5.75 Å². The van der Waals surface area contributed by atoms with Gasteiger partial charge in [0.05, 0.1) is 18.0 Å². The third-order valence-electron chi connectivity index (χ3n) is 2.37. The lowest BCUT2D eigenvalue weighted by Gasteiger charge is -2.09. The number of rotatable bonds is 4. The van der Waals surface area contributed by atoms with E-state index in [0.29, 0.717) is 22.1 Å². The van der Waals surface area contributed by atoms with Crippen molar-refractivity contribution in [2.24, 2.45) is 5.73 Å². The standard InChI is InChI=1S/C12H12BrN3OS/c1-2-16-7-9(6-15-16)17-11-5-8(13)3-4-10(11)12(14)18/h3-7H,2H2,1H3,(H2,14,18). The molecule has 0 aliphatic heterocycles. The molecule has 6 heteroatoms. The van der Waals surface area contributed by atoms with Crippen molar-refractivity contribution in [2.45, 2.75) is 13.5 Å². The van der Waals surface area contributed by atoms with Crippen LogP contribution >= 0.6 is 28.1 Å². The Morgan fingerprint density at radius 1 is 1.56 bits per heavy atom. The van der Waals surface area contributed by atoms with Gasteiger partial charge in [-0.3, -0.25) is 4.68 Å². The van der Waals surface area contributed by atoms with Crippen molar-refractivity contribution >= 4 is 33.1 Å². The van der Waals surface area contributed by atoms with Gasteiger partial charge in [0.1, 0.15) is 10.7 Å². The van der Waals surface area contributed by atoms with Gasteiger partial charge in [-0.25, -0.2) is 0 Å². The van der Waals surface area contributed by atoms with Gasteiger partial charge in [0, 0.05) is 11.0 Å². The number of ether oxygens (including phenoxy) is 1. The minimum Gasteiger partial charge on any atom is -0.453 e. The average Bonchev–Trinajstić information content (AvgIpc) is 2.76. The Morgan fingerprint density at radius 2 is 2.33 bits per heavy atom. The molecule has 0 amide bonds. The van der Waals surface area contributed by atoms with Crippen LogP contribution in [0.15, 0.2) is 35.1 Å². The Morgan fingerprint density at radius 3 is 2.94 bits per heavy atom. The summed E-state index contributed by atoms with van der Waals surface area (Å²) >= 11 is 8.39. The van der Waals surface area contributed by atoms with Crippen LogP contribution in [0.3, 0.4) is 0 Å². The molecule has 0 bridgehead atoms. The summed E-state index contributed by atoms with van der Waals surface area (Å²) < 4.78 is 8.44. The van der Waals surface area contributed by atoms with Gasteiger partial charge >= 0.3 is 0 Å². The van der Waals surface area contributed by atoms with E-state index in [2.05, 4.69) is 21.0 Å². The highest BCUT2D eigenvalue weighted by atomic mass is 79.9.